The molecule has 0 aliphatic rings. The molecular weight excluding hydrogens is 178 g/mol. The molecule has 0 heterocycles. The van der Waals surface area contributed by atoms with Crippen molar-refractivity contribution in [2.24, 2.45) is 5.16 Å². The Morgan fingerprint density at radius 1 is 1.43 bits per heavy atom. The average molecular weight is 191 g/mol. The number of hydrogen-bond donors (Lipinski definition) is 0. The third kappa shape index (κ3) is 3.01. The van der Waals surface area contributed by atoms with Gasteiger partial charge in [0.1, 0.15) is 7.11 Å². The summed E-state index contributed by atoms with van der Waals surface area (Å²) in [6.07, 6.45) is 1.74. The van der Waals surface area contributed by atoms with Crippen molar-refractivity contribution in [1.82, 2.24) is 0 Å². The normalized spacial score (nSPS) is 10.4. The Morgan fingerprint density at radius 2 is 2.07 bits per heavy atom. The van der Waals surface area contributed by atoms with Crippen LogP contribution in [0.25, 0.3) is 0 Å². The van der Waals surface area contributed by atoms with Gasteiger partial charge in [-0.05, 0) is 6.92 Å². The SMILES string of the molecule is CO/N=C\CC(=O)c1ccc(C)cc1. The average Bonchev–Trinajstić information content (AvgIpc) is 2.19. The highest BCUT2D eigenvalue weighted by Gasteiger charge is 2.02. The first kappa shape index (κ1) is 10.4. The first-order valence-corrected chi connectivity index (χ1v) is 4.39. The van der Waals surface area contributed by atoms with Crippen molar-refractivity contribution < 1.29 is 9.63 Å². The van der Waals surface area contributed by atoms with E-state index in [2.05, 4.69) is 9.99 Å². The van der Waals surface area contributed by atoms with Gasteiger partial charge >= 0.3 is 0 Å². The molecule has 0 saturated carbocycles. The molecule has 0 unspecified atom stereocenters. The lowest BCUT2D eigenvalue weighted by Crippen LogP contribution is -1.99. The van der Waals surface area contributed by atoms with E-state index in [0.717, 1.165) is 5.56 Å². The van der Waals surface area contributed by atoms with Crippen LogP contribution in [0.1, 0.15) is 22.3 Å². The van der Waals surface area contributed by atoms with Gasteiger partial charge in [-0.3, -0.25) is 4.79 Å². The lowest BCUT2D eigenvalue weighted by molar-refractivity contribution is 0.1000. The topological polar surface area (TPSA) is 38.7 Å². The summed E-state index contributed by atoms with van der Waals surface area (Å²) in [6.45, 7) is 1.99. The predicted octanol–water partition coefficient (Wildman–Crippen LogP) is 2.20. The fraction of sp³-hybridized carbons (Fsp3) is 0.273. The van der Waals surface area contributed by atoms with Gasteiger partial charge in [-0.2, -0.15) is 0 Å². The summed E-state index contributed by atoms with van der Waals surface area (Å²) in [6, 6.07) is 7.47. The molecule has 1 aromatic carbocycles. The molecule has 1 rings (SSSR count). The van der Waals surface area contributed by atoms with Gasteiger partial charge in [0.2, 0.25) is 0 Å². The van der Waals surface area contributed by atoms with Gasteiger partial charge in [0.25, 0.3) is 0 Å². The van der Waals surface area contributed by atoms with Gasteiger partial charge < -0.3 is 4.84 Å². The Balaban J connectivity index is 2.61. The van der Waals surface area contributed by atoms with Gasteiger partial charge in [0, 0.05) is 12.0 Å². The number of carbonyl (C=O) groups excluding carboxylic acids is 1. The van der Waals surface area contributed by atoms with Gasteiger partial charge in [-0.15, -0.1) is 0 Å². The lowest BCUT2D eigenvalue weighted by Gasteiger charge is -1.97. The van der Waals surface area contributed by atoms with Crippen LogP contribution in [0.4, 0.5) is 0 Å². The molecule has 74 valence electrons. The molecule has 0 spiro atoms. The van der Waals surface area contributed by atoms with Crippen molar-refractivity contribution in [1.29, 1.82) is 0 Å². The Labute approximate surface area is 83.4 Å². The number of hydrogen-bond acceptors (Lipinski definition) is 3. The maximum atomic E-state index is 11.5. The summed E-state index contributed by atoms with van der Waals surface area (Å²) in [4.78, 5) is 15.9. The van der Waals surface area contributed by atoms with Crippen LogP contribution in [0, 0.1) is 6.92 Å². The Hall–Kier alpha value is -1.64. The van der Waals surface area contributed by atoms with Crippen LogP contribution >= 0.6 is 0 Å². The standard InChI is InChI=1S/C11H13NO2/c1-9-3-5-10(6-4-9)11(13)7-8-12-14-2/h3-6,8H,7H2,1-2H3/b12-8-. The summed E-state index contributed by atoms with van der Waals surface area (Å²) in [5.74, 6) is 0.0470. The Bertz CT molecular complexity index is 328. The fourth-order valence-electron chi connectivity index (χ4n) is 1.05. The molecule has 3 heteroatoms. The maximum Gasteiger partial charge on any atom is 0.168 e. The molecule has 3 nitrogen and oxygen atoms in total. The third-order valence-electron chi connectivity index (χ3n) is 1.83. The van der Waals surface area contributed by atoms with E-state index in [9.17, 15) is 4.79 Å². The van der Waals surface area contributed by atoms with Crippen molar-refractivity contribution in [2.75, 3.05) is 7.11 Å². The highest BCUT2D eigenvalue weighted by atomic mass is 16.6. The summed E-state index contributed by atoms with van der Waals surface area (Å²) >= 11 is 0. The number of benzene rings is 1. The quantitative estimate of drug-likeness (QED) is 0.415. The number of aryl methyl sites for hydroxylation is 1. The molecule has 14 heavy (non-hydrogen) atoms. The minimum atomic E-state index is 0.0470. The summed E-state index contributed by atoms with van der Waals surface area (Å²) in [7, 11) is 1.45. The molecule has 0 radical (unpaired) electrons. The number of nitrogens with zero attached hydrogens (tertiary/aromatic N) is 1. The number of Topliss-reactive ketones (excluding diaryl/α,β-unsaturated/α-hetero) is 1. The molecule has 0 N–H and O–H groups in total. The molecular formula is C11H13NO2. The maximum absolute atomic E-state index is 11.5. The molecule has 1 aromatic rings. The fourth-order valence-corrected chi connectivity index (χ4v) is 1.05. The lowest BCUT2D eigenvalue weighted by atomic mass is 10.1. The molecule has 0 aromatic heterocycles. The van der Waals surface area contributed by atoms with Crippen LogP contribution in [0.15, 0.2) is 29.4 Å². The minimum Gasteiger partial charge on any atom is -0.399 e. The first-order valence-electron chi connectivity index (χ1n) is 4.39. The molecule has 0 atom stereocenters. The third-order valence-corrected chi connectivity index (χ3v) is 1.83. The zero-order valence-corrected chi connectivity index (χ0v) is 8.36. The monoisotopic (exact) mass is 191 g/mol. The van der Waals surface area contributed by atoms with E-state index < -0.39 is 0 Å². The smallest absolute Gasteiger partial charge is 0.168 e. The molecule has 0 fully saturated rings. The number of rotatable bonds is 4. The van der Waals surface area contributed by atoms with Gasteiger partial charge in [0.15, 0.2) is 5.78 Å². The van der Waals surface area contributed by atoms with Gasteiger partial charge in [-0.1, -0.05) is 35.0 Å². The van der Waals surface area contributed by atoms with Crippen LogP contribution in [-0.4, -0.2) is 19.1 Å². The van der Waals surface area contributed by atoms with Gasteiger partial charge in [0.05, 0.1) is 6.21 Å². The Kier molecular flexibility index (Phi) is 3.85. The largest absolute Gasteiger partial charge is 0.399 e. The Morgan fingerprint density at radius 3 is 2.64 bits per heavy atom. The summed E-state index contributed by atoms with van der Waals surface area (Å²) in [5, 5.41) is 3.51. The van der Waals surface area contributed by atoms with Crippen LogP contribution < -0.4 is 0 Å². The second-order valence-corrected chi connectivity index (χ2v) is 2.96. The van der Waals surface area contributed by atoms with Crippen LogP contribution in [-0.2, 0) is 4.84 Å². The van der Waals surface area contributed by atoms with E-state index >= 15 is 0 Å². The molecule has 0 saturated heterocycles. The highest BCUT2D eigenvalue weighted by Crippen LogP contribution is 2.05. The molecule has 0 aliphatic heterocycles. The highest BCUT2D eigenvalue weighted by molar-refractivity contribution is 6.03. The van der Waals surface area contributed by atoms with E-state index in [4.69, 9.17) is 0 Å². The van der Waals surface area contributed by atoms with Gasteiger partial charge in [-0.25, -0.2) is 0 Å². The molecule has 0 aliphatic carbocycles. The number of ketones is 1. The van der Waals surface area contributed by atoms with E-state index in [-0.39, 0.29) is 12.2 Å². The van der Waals surface area contributed by atoms with Crippen LogP contribution in [0.5, 0.6) is 0 Å². The van der Waals surface area contributed by atoms with Crippen molar-refractivity contribution in [3.8, 4) is 0 Å². The molecule has 0 amide bonds. The second kappa shape index (κ2) is 5.17. The zero-order chi connectivity index (χ0) is 10.4. The minimum absolute atomic E-state index is 0.0470. The molecule has 0 bridgehead atoms. The summed E-state index contributed by atoms with van der Waals surface area (Å²) in [5.41, 5.74) is 1.85. The van der Waals surface area contributed by atoms with Crippen molar-refractivity contribution in [3.63, 3.8) is 0 Å². The van der Waals surface area contributed by atoms with E-state index in [1.54, 1.807) is 0 Å². The number of oxime groups is 1. The van der Waals surface area contributed by atoms with Crippen molar-refractivity contribution in [2.45, 2.75) is 13.3 Å². The predicted molar refractivity (Wildman–Crippen MR) is 55.6 cm³/mol. The van der Waals surface area contributed by atoms with E-state index in [1.165, 1.54) is 13.3 Å². The van der Waals surface area contributed by atoms with E-state index in [0.29, 0.717) is 5.56 Å². The van der Waals surface area contributed by atoms with Crippen molar-refractivity contribution in [3.05, 3.63) is 35.4 Å². The van der Waals surface area contributed by atoms with Crippen LogP contribution in [0.2, 0.25) is 0 Å². The zero-order valence-electron chi connectivity index (χ0n) is 8.36. The first-order chi connectivity index (χ1) is 6.74. The summed E-state index contributed by atoms with van der Waals surface area (Å²) < 4.78 is 0. The number of carbonyl (C=O) groups is 1. The van der Waals surface area contributed by atoms with E-state index in [1.807, 2.05) is 31.2 Å². The second-order valence-electron chi connectivity index (χ2n) is 2.96. The van der Waals surface area contributed by atoms with Crippen molar-refractivity contribution >= 4 is 12.0 Å². The van der Waals surface area contributed by atoms with Crippen LogP contribution in [0.3, 0.4) is 0 Å².